The molecule has 12 heavy (non-hydrogen) atoms. The first-order chi connectivity index (χ1) is 5.60. The Bertz CT molecular complexity index is 128. The Labute approximate surface area is 74.2 Å². The summed E-state index contributed by atoms with van der Waals surface area (Å²) in [5, 5.41) is 2.89. The van der Waals surface area contributed by atoms with Crippen LogP contribution in [0, 0.1) is 5.92 Å². The molecule has 0 radical (unpaired) electrons. The normalized spacial score (nSPS) is 10.8. The Morgan fingerprint density at radius 3 is 2.42 bits per heavy atom. The van der Waals surface area contributed by atoms with Gasteiger partial charge in [-0.15, -0.1) is 0 Å². The zero-order chi connectivity index (χ0) is 9.56. The molecule has 0 aliphatic heterocycles. The second-order valence-electron chi connectivity index (χ2n) is 2.90. The van der Waals surface area contributed by atoms with Crippen LogP contribution >= 0.6 is 0 Å². The SMILES string of the molecule is C=CN(C)ON(CC(C)C)OC. The van der Waals surface area contributed by atoms with Gasteiger partial charge >= 0.3 is 0 Å². The second-order valence-corrected chi connectivity index (χ2v) is 2.90. The van der Waals surface area contributed by atoms with Gasteiger partial charge in [0.05, 0.1) is 13.7 Å². The molecular formula is C8H18N2O2. The van der Waals surface area contributed by atoms with E-state index in [4.69, 9.17) is 9.78 Å². The first-order valence-electron chi connectivity index (χ1n) is 3.95. The molecular weight excluding hydrogens is 156 g/mol. The Hall–Kier alpha value is -0.580. The second kappa shape index (κ2) is 5.99. The molecule has 0 unspecified atom stereocenters. The lowest BCUT2D eigenvalue weighted by Crippen LogP contribution is -2.32. The zero-order valence-corrected chi connectivity index (χ0v) is 8.28. The fourth-order valence-corrected chi connectivity index (χ4v) is 0.616. The van der Waals surface area contributed by atoms with Crippen LogP contribution < -0.4 is 0 Å². The van der Waals surface area contributed by atoms with Crippen LogP contribution in [0.5, 0.6) is 0 Å². The third-order valence-electron chi connectivity index (χ3n) is 1.19. The van der Waals surface area contributed by atoms with Gasteiger partial charge in [0.15, 0.2) is 0 Å². The van der Waals surface area contributed by atoms with E-state index in [1.165, 1.54) is 10.3 Å². The molecule has 0 aromatic carbocycles. The summed E-state index contributed by atoms with van der Waals surface area (Å²) < 4.78 is 0. The van der Waals surface area contributed by atoms with E-state index in [-0.39, 0.29) is 0 Å². The molecule has 0 spiro atoms. The fourth-order valence-electron chi connectivity index (χ4n) is 0.616. The van der Waals surface area contributed by atoms with E-state index in [1.807, 2.05) is 0 Å². The number of hydroxylamine groups is 4. The highest BCUT2D eigenvalue weighted by molar-refractivity contribution is 4.56. The molecule has 0 aromatic heterocycles. The van der Waals surface area contributed by atoms with Gasteiger partial charge in [-0.05, 0) is 11.1 Å². The molecule has 0 aliphatic carbocycles. The molecule has 4 heteroatoms. The van der Waals surface area contributed by atoms with Crippen LogP contribution in [0.25, 0.3) is 0 Å². The van der Waals surface area contributed by atoms with Crippen molar-refractivity contribution in [1.29, 1.82) is 0 Å². The minimum atomic E-state index is 0.489. The van der Waals surface area contributed by atoms with Crippen LogP contribution in [0.3, 0.4) is 0 Å². The lowest BCUT2D eigenvalue weighted by atomic mass is 10.2. The molecule has 0 amide bonds. The standard InChI is InChI=1S/C8H18N2O2/c1-6-9(4)12-10(11-5)7-8(2)3/h6,8H,1,7H2,2-5H3. The van der Waals surface area contributed by atoms with Crippen molar-refractivity contribution >= 4 is 0 Å². The molecule has 0 aromatic rings. The van der Waals surface area contributed by atoms with Gasteiger partial charge in [-0.25, -0.2) is 5.06 Å². The highest BCUT2D eigenvalue weighted by atomic mass is 17.0. The van der Waals surface area contributed by atoms with Crippen LogP contribution in [0.15, 0.2) is 12.8 Å². The van der Waals surface area contributed by atoms with Crippen molar-refractivity contribution in [3.63, 3.8) is 0 Å². The molecule has 0 bridgehead atoms. The summed E-state index contributed by atoms with van der Waals surface area (Å²) in [4.78, 5) is 10.1. The quantitative estimate of drug-likeness (QED) is 0.569. The zero-order valence-electron chi connectivity index (χ0n) is 8.28. The van der Waals surface area contributed by atoms with E-state index in [0.717, 1.165) is 0 Å². The number of hydrogen-bond donors (Lipinski definition) is 0. The molecule has 0 saturated heterocycles. The van der Waals surface area contributed by atoms with E-state index < -0.39 is 0 Å². The minimum absolute atomic E-state index is 0.489. The predicted octanol–water partition coefficient (Wildman–Crippen LogP) is 1.43. The summed E-state index contributed by atoms with van der Waals surface area (Å²) in [5.74, 6) is 0.489. The summed E-state index contributed by atoms with van der Waals surface area (Å²) in [6.45, 7) is 8.44. The minimum Gasteiger partial charge on any atom is -0.276 e. The predicted molar refractivity (Wildman–Crippen MR) is 47.6 cm³/mol. The molecule has 72 valence electrons. The van der Waals surface area contributed by atoms with Gasteiger partial charge in [-0.1, -0.05) is 20.4 Å². The summed E-state index contributed by atoms with van der Waals surface area (Å²) >= 11 is 0. The number of nitrogens with zero attached hydrogens (tertiary/aromatic N) is 2. The van der Waals surface area contributed by atoms with E-state index >= 15 is 0 Å². The summed E-state index contributed by atoms with van der Waals surface area (Å²) in [7, 11) is 3.32. The Morgan fingerprint density at radius 2 is 2.08 bits per heavy atom. The number of hydrogen-bond acceptors (Lipinski definition) is 4. The Kier molecular flexibility index (Phi) is 5.70. The highest BCUT2D eigenvalue weighted by Crippen LogP contribution is 2.01. The molecule has 0 fully saturated rings. The first kappa shape index (κ1) is 11.4. The molecule has 0 atom stereocenters. The van der Waals surface area contributed by atoms with Gasteiger partial charge in [0.1, 0.15) is 0 Å². The fraction of sp³-hybridized carbons (Fsp3) is 0.750. The van der Waals surface area contributed by atoms with Crippen LogP contribution in [-0.2, 0) is 9.78 Å². The molecule has 0 aliphatic rings. The molecule has 0 heterocycles. The van der Waals surface area contributed by atoms with E-state index in [2.05, 4.69) is 20.4 Å². The van der Waals surface area contributed by atoms with Crippen molar-refractivity contribution in [3.8, 4) is 0 Å². The van der Waals surface area contributed by atoms with Crippen LogP contribution in [0.4, 0.5) is 0 Å². The van der Waals surface area contributed by atoms with Crippen molar-refractivity contribution in [2.24, 2.45) is 5.92 Å². The molecule has 4 nitrogen and oxygen atoms in total. The maximum atomic E-state index is 5.19. The Morgan fingerprint density at radius 1 is 1.50 bits per heavy atom. The maximum Gasteiger partial charge on any atom is 0.0602 e. The Balaban J connectivity index is 3.74. The van der Waals surface area contributed by atoms with Crippen molar-refractivity contribution in [3.05, 3.63) is 12.8 Å². The van der Waals surface area contributed by atoms with Crippen molar-refractivity contribution in [2.45, 2.75) is 13.8 Å². The van der Waals surface area contributed by atoms with Crippen molar-refractivity contribution in [2.75, 3.05) is 20.7 Å². The van der Waals surface area contributed by atoms with Crippen molar-refractivity contribution < 1.29 is 9.78 Å². The highest BCUT2D eigenvalue weighted by Gasteiger charge is 2.07. The van der Waals surface area contributed by atoms with E-state index in [9.17, 15) is 0 Å². The summed E-state index contributed by atoms with van der Waals surface area (Å²) in [6, 6.07) is 0. The summed E-state index contributed by atoms with van der Waals surface area (Å²) in [5.41, 5.74) is 0. The van der Waals surface area contributed by atoms with Gasteiger partial charge in [-0.3, -0.25) is 4.84 Å². The topological polar surface area (TPSA) is 24.9 Å². The lowest BCUT2D eigenvalue weighted by Gasteiger charge is -2.23. The summed E-state index contributed by atoms with van der Waals surface area (Å²) in [6.07, 6.45) is 1.56. The molecule has 0 rings (SSSR count). The first-order valence-corrected chi connectivity index (χ1v) is 3.95. The molecule has 0 N–H and O–H groups in total. The third kappa shape index (κ3) is 5.12. The number of rotatable bonds is 6. The van der Waals surface area contributed by atoms with Crippen LogP contribution in [-0.4, -0.2) is 31.0 Å². The monoisotopic (exact) mass is 174 g/mol. The van der Waals surface area contributed by atoms with Crippen molar-refractivity contribution in [1.82, 2.24) is 10.3 Å². The van der Waals surface area contributed by atoms with E-state index in [0.29, 0.717) is 12.5 Å². The van der Waals surface area contributed by atoms with Gasteiger partial charge in [0.2, 0.25) is 0 Å². The third-order valence-corrected chi connectivity index (χ3v) is 1.19. The van der Waals surface area contributed by atoms with Crippen LogP contribution in [0.1, 0.15) is 13.8 Å². The van der Waals surface area contributed by atoms with Gasteiger partial charge < -0.3 is 0 Å². The van der Waals surface area contributed by atoms with E-state index in [1.54, 1.807) is 20.4 Å². The van der Waals surface area contributed by atoms with Gasteiger partial charge in [0, 0.05) is 13.2 Å². The molecule has 0 saturated carbocycles. The lowest BCUT2D eigenvalue weighted by molar-refractivity contribution is -0.432. The van der Waals surface area contributed by atoms with Crippen LogP contribution in [0.2, 0.25) is 0 Å². The maximum absolute atomic E-state index is 5.19. The van der Waals surface area contributed by atoms with Gasteiger partial charge in [0.25, 0.3) is 0 Å². The largest absolute Gasteiger partial charge is 0.276 e. The average molecular weight is 174 g/mol. The smallest absolute Gasteiger partial charge is 0.0602 e. The van der Waals surface area contributed by atoms with Gasteiger partial charge in [-0.2, -0.15) is 4.94 Å². The average Bonchev–Trinajstić information content (AvgIpc) is 2.02.